The maximum atomic E-state index is 13.6. The summed E-state index contributed by atoms with van der Waals surface area (Å²) in [5, 5.41) is 2.22. The van der Waals surface area contributed by atoms with Gasteiger partial charge in [-0.15, -0.1) is 0 Å². The Morgan fingerprint density at radius 2 is 1.52 bits per heavy atom. The molecule has 1 fully saturated rings. The molecule has 31 heavy (non-hydrogen) atoms. The third-order valence-electron chi connectivity index (χ3n) is 7.00. The zero-order chi connectivity index (χ0) is 21.3. The van der Waals surface area contributed by atoms with Gasteiger partial charge < -0.3 is 0 Å². The highest BCUT2D eigenvalue weighted by molar-refractivity contribution is 6.26. The Balaban J connectivity index is 1.65. The van der Waals surface area contributed by atoms with E-state index in [0.29, 0.717) is 17.6 Å². The van der Waals surface area contributed by atoms with E-state index in [-0.39, 0.29) is 28.8 Å². The van der Waals surface area contributed by atoms with Gasteiger partial charge in [0.15, 0.2) is 5.78 Å². The highest BCUT2D eigenvalue weighted by Gasteiger charge is 2.50. The van der Waals surface area contributed by atoms with Gasteiger partial charge in [-0.1, -0.05) is 80.6 Å². The van der Waals surface area contributed by atoms with E-state index in [1.54, 1.807) is 0 Å². The van der Waals surface area contributed by atoms with Crippen molar-refractivity contribution < 1.29 is 9.59 Å². The molecule has 2 aliphatic carbocycles. The number of hydrogen-bond donors (Lipinski definition) is 0. The second-order valence-corrected chi connectivity index (χ2v) is 9.75. The lowest BCUT2D eigenvalue weighted by atomic mass is 9.63. The molecule has 0 N–H and O–H groups in total. The Kier molecular flexibility index (Phi) is 3.77. The lowest BCUT2D eigenvalue weighted by Crippen LogP contribution is -2.43. The lowest BCUT2D eigenvalue weighted by Gasteiger charge is -2.41. The van der Waals surface area contributed by atoms with Crippen molar-refractivity contribution in [2.75, 3.05) is 0 Å². The molecule has 6 rings (SSSR count). The van der Waals surface area contributed by atoms with Crippen LogP contribution in [-0.2, 0) is 4.79 Å². The van der Waals surface area contributed by atoms with Crippen LogP contribution in [0.25, 0.3) is 16.5 Å². The summed E-state index contributed by atoms with van der Waals surface area (Å²) >= 11 is 0. The number of fused-ring (bicyclic) bond motifs is 4. The fourth-order valence-corrected chi connectivity index (χ4v) is 5.78. The molecule has 3 heteroatoms. The molecule has 2 atom stereocenters. The van der Waals surface area contributed by atoms with Crippen LogP contribution in [0.1, 0.15) is 54.1 Å². The molecule has 1 saturated carbocycles. The van der Waals surface area contributed by atoms with Crippen molar-refractivity contribution in [3.05, 3.63) is 89.0 Å². The van der Waals surface area contributed by atoms with Crippen LogP contribution >= 0.6 is 0 Å². The Hall–Kier alpha value is -3.33. The molecular formula is C28H23NO2. The molecule has 3 aromatic carbocycles. The summed E-state index contributed by atoms with van der Waals surface area (Å²) in [6.07, 6.45) is 1.29. The van der Waals surface area contributed by atoms with Gasteiger partial charge >= 0.3 is 0 Å². The Morgan fingerprint density at radius 1 is 0.806 bits per heavy atom. The summed E-state index contributed by atoms with van der Waals surface area (Å²) < 4.78 is 0. The largest absolute Gasteiger partial charge is 0.299 e. The van der Waals surface area contributed by atoms with Crippen molar-refractivity contribution in [2.24, 2.45) is 16.3 Å². The average molecular weight is 405 g/mol. The second kappa shape index (κ2) is 6.34. The van der Waals surface area contributed by atoms with Crippen molar-refractivity contribution in [1.82, 2.24) is 0 Å². The molecule has 3 aliphatic rings. The van der Waals surface area contributed by atoms with Crippen molar-refractivity contribution in [2.45, 2.75) is 32.6 Å². The fraction of sp³-hybridized carbons (Fsp3) is 0.250. The zero-order valence-electron chi connectivity index (χ0n) is 17.7. The number of benzene rings is 3. The van der Waals surface area contributed by atoms with E-state index < -0.39 is 0 Å². The fourth-order valence-electron chi connectivity index (χ4n) is 5.78. The van der Waals surface area contributed by atoms with Crippen LogP contribution < -0.4 is 0 Å². The van der Waals surface area contributed by atoms with Gasteiger partial charge in [-0.3, -0.25) is 14.6 Å². The van der Waals surface area contributed by atoms with Crippen LogP contribution in [0.4, 0.5) is 0 Å². The third kappa shape index (κ3) is 2.62. The topological polar surface area (TPSA) is 46.5 Å². The summed E-state index contributed by atoms with van der Waals surface area (Å²) in [6, 6.07) is 22.2. The number of ketones is 2. The molecule has 1 heterocycles. The van der Waals surface area contributed by atoms with E-state index in [1.807, 2.05) is 42.5 Å². The first kappa shape index (κ1) is 18.4. The normalized spacial score (nSPS) is 24.0. The SMILES string of the molecule is CC1(C)CC(=O)C2C(=NC3=C(C(=O)c4ccccc43)[C@@H]2c2cccc3ccccc23)C1. The van der Waals surface area contributed by atoms with Crippen molar-refractivity contribution >= 4 is 33.7 Å². The van der Waals surface area contributed by atoms with Gasteiger partial charge in [-0.25, -0.2) is 0 Å². The standard InChI is InChI=1S/C28H23NO2/c1-28(2)14-21-24(22(30)15-28)23(18-13-7-9-16-8-3-4-10-17(16)18)25-26(29-21)19-11-5-6-12-20(19)27(25)31/h3-13,23-24H,14-15H2,1-2H3/t23-,24?/m1/s1. The van der Waals surface area contributed by atoms with E-state index in [2.05, 4.69) is 38.1 Å². The van der Waals surface area contributed by atoms with Crippen molar-refractivity contribution in [3.8, 4) is 0 Å². The van der Waals surface area contributed by atoms with E-state index in [9.17, 15) is 9.59 Å². The number of allylic oxidation sites excluding steroid dienone is 1. The number of rotatable bonds is 1. The number of Topliss-reactive ketones (excluding diaryl/α,β-unsaturated/α-hetero) is 2. The summed E-state index contributed by atoms with van der Waals surface area (Å²) in [7, 11) is 0. The number of carbonyl (C=O) groups excluding carboxylic acids is 2. The van der Waals surface area contributed by atoms with Crippen LogP contribution in [-0.4, -0.2) is 17.3 Å². The summed E-state index contributed by atoms with van der Waals surface area (Å²) in [4.78, 5) is 32.2. The summed E-state index contributed by atoms with van der Waals surface area (Å²) in [6.45, 7) is 4.27. The average Bonchev–Trinajstić information content (AvgIpc) is 3.03. The lowest BCUT2D eigenvalue weighted by molar-refractivity contribution is -0.124. The van der Waals surface area contributed by atoms with Crippen LogP contribution in [0.5, 0.6) is 0 Å². The number of carbonyl (C=O) groups is 2. The molecule has 0 spiro atoms. The summed E-state index contributed by atoms with van der Waals surface area (Å²) in [5.41, 5.74) is 4.94. The highest BCUT2D eigenvalue weighted by Crippen LogP contribution is 2.52. The van der Waals surface area contributed by atoms with E-state index >= 15 is 0 Å². The van der Waals surface area contributed by atoms with Gasteiger partial charge in [0.1, 0.15) is 5.78 Å². The maximum absolute atomic E-state index is 13.6. The van der Waals surface area contributed by atoms with Crippen LogP contribution in [0, 0.1) is 11.3 Å². The quantitative estimate of drug-likeness (QED) is 0.499. The molecule has 1 aliphatic heterocycles. The molecule has 0 aromatic heterocycles. The van der Waals surface area contributed by atoms with Gasteiger partial charge in [0, 0.05) is 34.8 Å². The van der Waals surface area contributed by atoms with Gasteiger partial charge in [0.25, 0.3) is 0 Å². The maximum Gasteiger partial charge on any atom is 0.192 e. The molecule has 0 amide bonds. The minimum Gasteiger partial charge on any atom is -0.299 e. The van der Waals surface area contributed by atoms with Crippen molar-refractivity contribution in [3.63, 3.8) is 0 Å². The minimum atomic E-state index is -0.365. The molecule has 3 aromatic rings. The summed E-state index contributed by atoms with van der Waals surface area (Å²) in [5.74, 6) is -0.444. The van der Waals surface area contributed by atoms with Gasteiger partial charge in [0.05, 0.1) is 11.6 Å². The van der Waals surface area contributed by atoms with E-state index in [1.165, 1.54) is 0 Å². The molecule has 1 unspecified atom stereocenters. The van der Waals surface area contributed by atoms with Gasteiger partial charge in [-0.2, -0.15) is 0 Å². The van der Waals surface area contributed by atoms with Gasteiger partial charge in [0.2, 0.25) is 0 Å². The third-order valence-corrected chi connectivity index (χ3v) is 7.00. The Labute approximate surface area is 181 Å². The second-order valence-electron chi connectivity index (χ2n) is 9.75. The number of nitrogens with zero attached hydrogens (tertiary/aromatic N) is 1. The first-order valence-corrected chi connectivity index (χ1v) is 10.9. The van der Waals surface area contributed by atoms with E-state index in [0.717, 1.165) is 39.7 Å². The minimum absolute atomic E-state index is 0.0176. The first-order valence-electron chi connectivity index (χ1n) is 10.9. The van der Waals surface area contributed by atoms with Gasteiger partial charge in [-0.05, 0) is 28.2 Å². The predicted octanol–water partition coefficient (Wildman–Crippen LogP) is 5.99. The zero-order valence-corrected chi connectivity index (χ0v) is 17.7. The van der Waals surface area contributed by atoms with E-state index in [4.69, 9.17) is 4.99 Å². The molecule has 152 valence electrons. The highest BCUT2D eigenvalue weighted by atomic mass is 16.1. The number of aliphatic imine (C=N–C) groups is 1. The van der Waals surface area contributed by atoms with Crippen LogP contribution in [0.3, 0.4) is 0 Å². The monoisotopic (exact) mass is 405 g/mol. The molecule has 0 radical (unpaired) electrons. The Bertz CT molecular complexity index is 1350. The first-order chi connectivity index (χ1) is 14.9. The molecule has 0 saturated heterocycles. The molecule has 0 bridgehead atoms. The molecular weight excluding hydrogens is 382 g/mol. The van der Waals surface area contributed by atoms with Crippen molar-refractivity contribution in [1.29, 1.82) is 0 Å². The smallest absolute Gasteiger partial charge is 0.192 e. The Morgan fingerprint density at radius 3 is 2.35 bits per heavy atom. The predicted molar refractivity (Wildman–Crippen MR) is 123 cm³/mol. The number of hydrogen-bond acceptors (Lipinski definition) is 3. The van der Waals surface area contributed by atoms with Crippen LogP contribution in [0.15, 0.2) is 77.3 Å². The molecule has 3 nitrogen and oxygen atoms in total. The van der Waals surface area contributed by atoms with Crippen LogP contribution in [0.2, 0.25) is 0 Å².